The number of hydrogen-bond acceptors (Lipinski definition) is 3. The van der Waals surface area contributed by atoms with Gasteiger partial charge in [-0.25, -0.2) is 0 Å². The van der Waals surface area contributed by atoms with E-state index in [1.54, 1.807) is 11.3 Å². The summed E-state index contributed by atoms with van der Waals surface area (Å²) in [6, 6.07) is 3.27. The average Bonchev–Trinajstić information content (AvgIpc) is 2.67. The summed E-state index contributed by atoms with van der Waals surface area (Å²) in [4.78, 5) is 0. The van der Waals surface area contributed by atoms with Gasteiger partial charge in [-0.15, -0.1) is 0 Å². The molecule has 1 N–H and O–H groups in total. The van der Waals surface area contributed by atoms with Gasteiger partial charge in [-0.1, -0.05) is 6.92 Å². The third-order valence-corrected chi connectivity index (χ3v) is 4.00. The van der Waals surface area contributed by atoms with E-state index in [0.29, 0.717) is 12.1 Å². The van der Waals surface area contributed by atoms with Crippen LogP contribution in [0.15, 0.2) is 16.8 Å². The quantitative estimate of drug-likeness (QED) is 0.801. The maximum absolute atomic E-state index is 3.60. The smallest absolute Gasteiger partial charge is 0.0302 e. The minimum Gasteiger partial charge on any atom is -0.307 e. The van der Waals surface area contributed by atoms with E-state index in [1.807, 2.05) is 11.8 Å². The van der Waals surface area contributed by atoms with E-state index in [0.717, 1.165) is 0 Å². The number of thioether (sulfide) groups is 1. The van der Waals surface area contributed by atoms with Crippen LogP contribution in [0.3, 0.4) is 0 Å². The van der Waals surface area contributed by atoms with Crippen molar-refractivity contribution in [3.63, 3.8) is 0 Å². The highest BCUT2D eigenvalue weighted by molar-refractivity contribution is 7.99. The Hall–Kier alpha value is 0.01000. The molecule has 3 heteroatoms. The molecule has 1 aromatic rings. The van der Waals surface area contributed by atoms with Crippen LogP contribution >= 0.6 is 23.1 Å². The molecule has 0 saturated heterocycles. The van der Waals surface area contributed by atoms with E-state index in [-0.39, 0.29) is 0 Å². The first kappa shape index (κ1) is 12.1. The Bertz CT molecular complexity index is 233. The fourth-order valence-corrected chi connectivity index (χ4v) is 2.83. The van der Waals surface area contributed by atoms with Crippen LogP contribution in [0, 0.1) is 0 Å². The Balaban J connectivity index is 2.29. The lowest BCUT2D eigenvalue weighted by Crippen LogP contribution is -2.30. The van der Waals surface area contributed by atoms with E-state index in [1.165, 1.54) is 17.1 Å². The van der Waals surface area contributed by atoms with Gasteiger partial charge in [0.25, 0.3) is 0 Å². The highest BCUT2D eigenvalue weighted by Gasteiger charge is 2.08. The maximum atomic E-state index is 3.60. The summed E-state index contributed by atoms with van der Waals surface area (Å²) >= 11 is 3.76. The van der Waals surface area contributed by atoms with Gasteiger partial charge in [0.15, 0.2) is 0 Å². The zero-order valence-corrected chi connectivity index (χ0v) is 10.8. The van der Waals surface area contributed by atoms with Crippen molar-refractivity contribution in [3.8, 4) is 0 Å². The van der Waals surface area contributed by atoms with Crippen molar-refractivity contribution in [2.45, 2.75) is 32.9 Å². The first-order valence-electron chi connectivity index (χ1n) is 5.10. The van der Waals surface area contributed by atoms with Crippen molar-refractivity contribution in [1.82, 2.24) is 5.32 Å². The average molecular weight is 229 g/mol. The standard InChI is InChI=1S/C11H19NS2/c1-4-13-7-9(2)12-10(3)11-5-6-14-8-11/h5-6,8-10,12H,4,7H2,1-3H3. The lowest BCUT2D eigenvalue weighted by atomic mass is 10.1. The van der Waals surface area contributed by atoms with Gasteiger partial charge in [0.2, 0.25) is 0 Å². The van der Waals surface area contributed by atoms with E-state index in [2.05, 4.69) is 42.9 Å². The van der Waals surface area contributed by atoms with Crippen LogP contribution < -0.4 is 5.32 Å². The van der Waals surface area contributed by atoms with Crippen molar-refractivity contribution in [1.29, 1.82) is 0 Å². The fraction of sp³-hybridized carbons (Fsp3) is 0.636. The topological polar surface area (TPSA) is 12.0 Å². The Labute approximate surface area is 95.3 Å². The molecule has 0 aliphatic heterocycles. The summed E-state index contributed by atoms with van der Waals surface area (Å²) in [5, 5.41) is 7.96. The molecule has 0 fully saturated rings. The van der Waals surface area contributed by atoms with Gasteiger partial charge in [-0.05, 0) is 42.0 Å². The molecule has 0 amide bonds. The van der Waals surface area contributed by atoms with Gasteiger partial charge in [-0.2, -0.15) is 23.1 Å². The van der Waals surface area contributed by atoms with E-state index in [4.69, 9.17) is 0 Å². The second-order valence-electron chi connectivity index (χ2n) is 3.51. The molecular formula is C11H19NS2. The number of nitrogens with one attached hydrogen (secondary N) is 1. The summed E-state index contributed by atoms with van der Waals surface area (Å²) in [6.45, 7) is 6.69. The first-order valence-corrected chi connectivity index (χ1v) is 7.19. The number of thiophene rings is 1. The van der Waals surface area contributed by atoms with Crippen LogP contribution in [-0.2, 0) is 0 Å². The van der Waals surface area contributed by atoms with Crippen LogP contribution in [0.5, 0.6) is 0 Å². The van der Waals surface area contributed by atoms with Crippen LogP contribution in [0.1, 0.15) is 32.4 Å². The minimum absolute atomic E-state index is 0.480. The third kappa shape index (κ3) is 4.03. The molecule has 2 unspecified atom stereocenters. The third-order valence-electron chi connectivity index (χ3n) is 2.15. The fourth-order valence-electron chi connectivity index (χ4n) is 1.39. The Morgan fingerprint density at radius 1 is 1.50 bits per heavy atom. The van der Waals surface area contributed by atoms with Crippen molar-refractivity contribution in [2.75, 3.05) is 11.5 Å². The predicted molar refractivity (Wildman–Crippen MR) is 68.3 cm³/mol. The summed E-state index contributed by atoms with van der Waals surface area (Å²) in [6.07, 6.45) is 0. The molecule has 1 nitrogen and oxygen atoms in total. The normalized spacial score (nSPS) is 15.4. The molecule has 1 rings (SSSR count). The zero-order chi connectivity index (χ0) is 10.4. The Morgan fingerprint density at radius 2 is 2.29 bits per heavy atom. The largest absolute Gasteiger partial charge is 0.307 e. The maximum Gasteiger partial charge on any atom is 0.0302 e. The van der Waals surface area contributed by atoms with E-state index < -0.39 is 0 Å². The molecule has 0 bridgehead atoms. The SMILES string of the molecule is CCSCC(C)NC(C)c1ccsc1. The Kier molecular flexibility index (Phi) is 5.60. The second-order valence-corrected chi connectivity index (χ2v) is 5.60. The molecule has 0 aliphatic rings. The second kappa shape index (κ2) is 6.49. The molecule has 0 radical (unpaired) electrons. The highest BCUT2D eigenvalue weighted by Crippen LogP contribution is 2.16. The van der Waals surface area contributed by atoms with Gasteiger partial charge in [0, 0.05) is 17.8 Å². The van der Waals surface area contributed by atoms with Gasteiger partial charge >= 0.3 is 0 Å². The van der Waals surface area contributed by atoms with Gasteiger partial charge in [0.1, 0.15) is 0 Å². The molecule has 80 valence electrons. The minimum atomic E-state index is 0.480. The van der Waals surface area contributed by atoms with Crippen LogP contribution in [0.2, 0.25) is 0 Å². The van der Waals surface area contributed by atoms with Crippen molar-refractivity contribution >= 4 is 23.1 Å². The van der Waals surface area contributed by atoms with E-state index in [9.17, 15) is 0 Å². The van der Waals surface area contributed by atoms with E-state index >= 15 is 0 Å². The highest BCUT2D eigenvalue weighted by atomic mass is 32.2. The number of hydrogen-bond donors (Lipinski definition) is 1. The molecule has 14 heavy (non-hydrogen) atoms. The van der Waals surface area contributed by atoms with Crippen molar-refractivity contribution in [2.24, 2.45) is 0 Å². The lowest BCUT2D eigenvalue weighted by Gasteiger charge is -2.18. The van der Waals surface area contributed by atoms with Gasteiger partial charge in [-0.3, -0.25) is 0 Å². The van der Waals surface area contributed by atoms with Crippen LogP contribution in [0.25, 0.3) is 0 Å². The number of rotatable bonds is 6. The molecule has 2 atom stereocenters. The molecule has 1 heterocycles. The van der Waals surface area contributed by atoms with Gasteiger partial charge < -0.3 is 5.32 Å². The summed E-state index contributed by atoms with van der Waals surface area (Å²) in [5.74, 6) is 2.41. The summed E-state index contributed by atoms with van der Waals surface area (Å²) in [7, 11) is 0. The summed E-state index contributed by atoms with van der Waals surface area (Å²) < 4.78 is 0. The molecule has 0 saturated carbocycles. The first-order chi connectivity index (χ1) is 6.74. The zero-order valence-electron chi connectivity index (χ0n) is 9.12. The molecule has 0 spiro atoms. The van der Waals surface area contributed by atoms with Crippen LogP contribution in [0.4, 0.5) is 0 Å². The van der Waals surface area contributed by atoms with Crippen molar-refractivity contribution < 1.29 is 0 Å². The monoisotopic (exact) mass is 229 g/mol. The van der Waals surface area contributed by atoms with Gasteiger partial charge in [0.05, 0.1) is 0 Å². The Morgan fingerprint density at radius 3 is 2.86 bits per heavy atom. The lowest BCUT2D eigenvalue weighted by molar-refractivity contribution is 0.512. The molecule has 1 aromatic heterocycles. The summed E-state index contributed by atoms with van der Waals surface area (Å²) in [5.41, 5.74) is 1.41. The van der Waals surface area contributed by atoms with Crippen molar-refractivity contribution in [3.05, 3.63) is 22.4 Å². The molecule has 0 aliphatic carbocycles. The molecule has 0 aromatic carbocycles. The van der Waals surface area contributed by atoms with Crippen LogP contribution in [-0.4, -0.2) is 17.5 Å². The molecular weight excluding hydrogens is 210 g/mol. The predicted octanol–water partition coefficient (Wildman–Crippen LogP) is 3.54.